The number of halogens is 2. The highest BCUT2D eigenvalue weighted by atomic mass is 35.5. The molecule has 0 aliphatic carbocycles. The maximum Gasteiger partial charge on any atom is 0.267 e. The predicted octanol–water partition coefficient (Wildman–Crippen LogP) is 1.18. The molecule has 0 saturated carbocycles. The molecule has 1 amide bonds. The highest BCUT2D eigenvalue weighted by Crippen LogP contribution is 2.35. The summed E-state index contributed by atoms with van der Waals surface area (Å²) in [6.45, 7) is -0.279. The zero-order chi connectivity index (χ0) is 19.6. The smallest absolute Gasteiger partial charge is 0.267 e. The fourth-order valence-corrected chi connectivity index (χ4v) is 4.17. The first kappa shape index (κ1) is 19.3. The number of fused-ring (bicyclic) bond motifs is 1. The van der Waals surface area contributed by atoms with Gasteiger partial charge in [0.25, 0.3) is 15.9 Å². The van der Waals surface area contributed by atoms with Crippen LogP contribution in [-0.4, -0.2) is 50.7 Å². The Morgan fingerprint density at radius 1 is 1.41 bits per heavy atom. The van der Waals surface area contributed by atoms with Gasteiger partial charge < -0.3 is 15.2 Å². The Morgan fingerprint density at radius 2 is 2.19 bits per heavy atom. The van der Waals surface area contributed by atoms with E-state index in [2.05, 4.69) is 10.3 Å². The lowest BCUT2D eigenvalue weighted by molar-refractivity contribution is 0.0944. The number of nitrogens with one attached hydrogen (secondary N) is 1. The van der Waals surface area contributed by atoms with E-state index in [9.17, 15) is 17.6 Å². The number of sulfonamides is 1. The van der Waals surface area contributed by atoms with Crippen molar-refractivity contribution in [3.05, 3.63) is 46.9 Å². The van der Waals surface area contributed by atoms with Crippen LogP contribution in [0, 0.1) is 5.82 Å². The van der Waals surface area contributed by atoms with E-state index in [0.717, 1.165) is 16.4 Å². The zero-order valence-corrected chi connectivity index (χ0v) is 15.4. The highest BCUT2D eigenvalue weighted by Gasteiger charge is 2.33. The Bertz CT molecular complexity index is 986. The van der Waals surface area contributed by atoms with E-state index in [1.54, 1.807) is 0 Å². The van der Waals surface area contributed by atoms with Crippen LogP contribution in [0.2, 0.25) is 5.02 Å². The van der Waals surface area contributed by atoms with Crippen molar-refractivity contribution in [2.75, 3.05) is 30.6 Å². The summed E-state index contributed by atoms with van der Waals surface area (Å²) in [5, 5.41) is 11.3. The molecule has 0 radical (unpaired) electrons. The summed E-state index contributed by atoms with van der Waals surface area (Å²) >= 11 is 5.69. The normalized spacial score (nSPS) is 13.7. The third-order valence-corrected chi connectivity index (χ3v) is 5.84. The molecule has 0 saturated heterocycles. The van der Waals surface area contributed by atoms with Crippen LogP contribution in [0.3, 0.4) is 0 Å². The number of carbonyl (C=O) groups excluding carboxylic acids is 1. The third kappa shape index (κ3) is 3.82. The number of pyridine rings is 1. The molecule has 2 N–H and O–H groups in total. The summed E-state index contributed by atoms with van der Waals surface area (Å²) in [6.07, 6.45) is 1.23. The molecule has 1 aromatic carbocycles. The van der Waals surface area contributed by atoms with Gasteiger partial charge in [0.15, 0.2) is 0 Å². The first-order valence-corrected chi connectivity index (χ1v) is 9.66. The molecule has 27 heavy (non-hydrogen) atoms. The number of nitrogens with zero attached hydrogens (tertiary/aromatic N) is 2. The summed E-state index contributed by atoms with van der Waals surface area (Å²) < 4.78 is 46.4. The van der Waals surface area contributed by atoms with Crippen LogP contribution in [0.1, 0.15) is 10.4 Å². The molecule has 144 valence electrons. The van der Waals surface area contributed by atoms with Crippen LogP contribution in [0.15, 0.2) is 35.4 Å². The van der Waals surface area contributed by atoms with E-state index in [1.165, 1.54) is 18.3 Å². The first-order chi connectivity index (χ1) is 12.8. The van der Waals surface area contributed by atoms with Gasteiger partial charge in [-0.1, -0.05) is 11.6 Å². The van der Waals surface area contributed by atoms with E-state index in [0.29, 0.717) is 0 Å². The number of amides is 1. The number of aliphatic hydroxyl groups excluding tert-OH is 1. The van der Waals surface area contributed by atoms with Crippen LogP contribution in [0.4, 0.5) is 10.1 Å². The van der Waals surface area contributed by atoms with Gasteiger partial charge in [0.05, 0.1) is 18.7 Å². The summed E-state index contributed by atoms with van der Waals surface area (Å²) in [5.41, 5.74) is 0.0942. The van der Waals surface area contributed by atoms with Crippen molar-refractivity contribution in [3.8, 4) is 5.88 Å². The molecule has 0 spiro atoms. The van der Waals surface area contributed by atoms with Gasteiger partial charge in [-0.3, -0.25) is 9.10 Å². The van der Waals surface area contributed by atoms with Gasteiger partial charge in [-0.05, 0) is 24.3 Å². The number of hydrogen-bond donors (Lipinski definition) is 2. The molecule has 2 heterocycles. The molecule has 3 rings (SSSR count). The number of hydrogen-bond acceptors (Lipinski definition) is 6. The maximum absolute atomic E-state index is 14.2. The molecule has 0 unspecified atom stereocenters. The second kappa shape index (κ2) is 7.67. The Kier molecular flexibility index (Phi) is 5.49. The SMILES string of the molecule is O=C(NCCO)c1cnc2c(c1)N(S(=O)(=O)c1ccc(Cl)cc1F)CCO2. The number of rotatable bonds is 5. The van der Waals surface area contributed by atoms with Gasteiger partial charge in [0.2, 0.25) is 5.88 Å². The number of anilines is 1. The van der Waals surface area contributed by atoms with E-state index < -0.39 is 26.6 Å². The molecular weight excluding hydrogens is 401 g/mol. The zero-order valence-electron chi connectivity index (χ0n) is 13.9. The maximum atomic E-state index is 14.2. The number of carbonyl (C=O) groups is 1. The largest absolute Gasteiger partial charge is 0.474 e. The molecular formula is C16H15ClFN3O5S. The van der Waals surface area contributed by atoms with E-state index in [4.69, 9.17) is 21.4 Å². The minimum atomic E-state index is -4.27. The number of aromatic nitrogens is 1. The van der Waals surface area contributed by atoms with Crippen LogP contribution < -0.4 is 14.4 Å². The fraction of sp³-hybridized carbons (Fsp3) is 0.250. The van der Waals surface area contributed by atoms with Gasteiger partial charge in [0.1, 0.15) is 23.0 Å². The second-order valence-electron chi connectivity index (χ2n) is 5.53. The first-order valence-electron chi connectivity index (χ1n) is 7.84. The Labute approximate surface area is 159 Å². The third-order valence-electron chi connectivity index (χ3n) is 3.76. The topological polar surface area (TPSA) is 109 Å². The van der Waals surface area contributed by atoms with Gasteiger partial charge in [-0.15, -0.1) is 0 Å². The summed E-state index contributed by atoms with van der Waals surface area (Å²) in [7, 11) is -4.27. The van der Waals surface area contributed by atoms with Gasteiger partial charge >= 0.3 is 0 Å². The lowest BCUT2D eigenvalue weighted by Gasteiger charge is -2.30. The lowest BCUT2D eigenvalue weighted by atomic mass is 10.2. The summed E-state index contributed by atoms with van der Waals surface area (Å²) in [5.74, 6) is -1.52. The van der Waals surface area contributed by atoms with Crippen molar-refractivity contribution >= 4 is 33.2 Å². The lowest BCUT2D eigenvalue weighted by Crippen LogP contribution is -2.39. The average Bonchev–Trinajstić information content (AvgIpc) is 2.64. The monoisotopic (exact) mass is 415 g/mol. The Morgan fingerprint density at radius 3 is 2.89 bits per heavy atom. The standard InChI is InChI=1S/C16H15ClFN3O5S/c17-11-1-2-14(12(18)8-11)27(24,25)21-4-6-26-16-13(21)7-10(9-20-16)15(23)19-3-5-22/h1-2,7-9,22H,3-6H2,(H,19,23). The van der Waals surface area contributed by atoms with Crippen molar-refractivity contribution in [2.45, 2.75) is 4.90 Å². The highest BCUT2D eigenvalue weighted by molar-refractivity contribution is 7.92. The number of aliphatic hydroxyl groups is 1. The van der Waals surface area contributed by atoms with Crippen molar-refractivity contribution in [1.82, 2.24) is 10.3 Å². The van der Waals surface area contributed by atoms with Crippen LogP contribution in [-0.2, 0) is 10.0 Å². The van der Waals surface area contributed by atoms with Crippen molar-refractivity contribution in [2.24, 2.45) is 0 Å². The fourth-order valence-electron chi connectivity index (χ4n) is 2.52. The van der Waals surface area contributed by atoms with E-state index in [-0.39, 0.29) is 48.5 Å². The molecule has 11 heteroatoms. The molecule has 1 aromatic heterocycles. The van der Waals surface area contributed by atoms with Gasteiger partial charge in [-0.2, -0.15) is 0 Å². The van der Waals surface area contributed by atoms with Crippen molar-refractivity contribution in [1.29, 1.82) is 0 Å². The van der Waals surface area contributed by atoms with Crippen molar-refractivity contribution < 1.29 is 27.4 Å². The average molecular weight is 416 g/mol. The van der Waals surface area contributed by atoms with Gasteiger partial charge in [-0.25, -0.2) is 17.8 Å². The molecule has 1 aliphatic heterocycles. The molecule has 2 aromatic rings. The van der Waals surface area contributed by atoms with Crippen LogP contribution in [0.25, 0.3) is 0 Å². The Hall–Kier alpha value is -2.43. The molecule has 1 aliphatic rings. The molecule has 0 fully saturated rings. The van der Waals surface area contributed by atoms with Gasteiger partial charge in [0, 0.05) is 17.8 Å². The molecule has 0 atom stereocenters. The van der Waals surface area contributed by atoms with E-state index in [1.807, 2.05) is 0 Å². The quantitative estimate of drug-likeness (QED) is 0.759. The summed E-state index contributed by atoms with van der Waals surface area (Å²) in [6, 6.07) is 4.55. The van der Waals surface area contributed by atoms with Crippen LogP contribution >= 0.6 is 11.6 Å². The van der Waals surface area contributed by atoms with Crippen molar-refractivity contribution in [3.63, 3.8) is 0 Å². The summed E-state index contributed by atoms with van der Waals surface area (Å²) in [4.78, 5) is 15.5. The number of ether oxygens (including phenoxy) is 1. The minimum absolute atomic E-state index is 0.0119. The number of benzene rings is 1. The van der Waals surface area contributed by atoms with E-state index >= 15 is 0 Å². The minimum Gasteiger partial charge on any atom is -0.474 e. The molecule has 8 nitrogen and oxygen atoms in total. The molecule has 0 bridgehead atoms. The predicted molar refractivity (Wildman–Crippen MR) is 95.1 cm³/mol. The second-order valence-corrected chi connectivity index (χ2v) is 7.80. The Balaban J connectivity index is 2.03. The van der Waals surface area contributed by atoms with Crippen LogP contribution in [0.5, 0.6) is 5.88 Å².